The summed E-state index contributed by atoms with van der Waals surface area (Å²) in [7, 11) is 0. The molecule has 0 amide bonds. The van der Waals surface area contributed by atoms with Gasteiger partial charge in [0.2, 0.25) is 0 Å². The molecule has 0 aliphatic heterocycles. The smallest absolute Gasteiger partial charge is 0.339 e. The third-order valence-corrected chi connectivity index (χ3v) is 3.82. The molecular weight excluding hydrogens is 294 g/mol. The number of anilines is 1. The van der Waals surface area contributed by atoms with E-state index in [1.807, 2.05) is 24.3 Å². The quantitative estimate of drug-likeness (QED) is 0.677. The van der Waals surface area contributed by atoms with Gasteiger partial charge in [-0.05, 0) is 43.3 Å². The zero-order chi connectivity index (χ0) is 14.5. The number of nitrogen functional groups attached to an aromatic ring is 1. The minimum atomic E-state index is -0.371. The van der Waals surface area contributed by atoms with Gasteiger partial charge in [-0.3, -0.25) is 0 Å². The van der Waals surface area contributed by atoms with Crippen LogP contribution in [0.4, 0.5) is 5.69 Å². The molecule has 2 N–H and O–H groups in total. The van der Waals surface area contributed by atoms with E-state index in [0.29, 0.717) is 22.9 Å². The number of hydrogen-bond acceptors (Lipinski definition) is 4. The minimum Gasteiger partial charge on any atom is -0.462 e. The number of carbonyl (C=O) groups excluding carboxylic acids is 1. The SMILES string of the molecule is CCOC(=O)c1cc(N)ccc1Sc1cccc(Cl)c1. The highest BCUT2D eigenvalue weighted by molar-refractivity contribution is 7.99. The molecule has 0 spiro atoms. The Bertz CT molecular complexity index is 631. The Morgan fingerprint density at radius 2 is 2.10 bits per heavy atom. The maximum Gasteiger partial charge on any atom is 0.339 e. The standard InChI is InChI=1S/C15H14ClNO2S/c1-2-19-15(18)13-9-11(17)6-7-14(13)20-12-5-3-4-10(16)8-12/h3-9H,2,17H2,1H3. The van der Waals surface area contributed by atoms with E-state index in [1.165, 1.54) is 11.8 Å². The van der Waals surface area contributed by atoms with Crippen LogP contribution in [0.5, 0.6) is 0 Å². The summed E-state index contributed by atoms with van der Waals surface area (Å²) in [5.41, 5.74) is 6.74. The summed E-state index contributed by atoms with van der Waals surface area (Å²) >= 11 is 7.41. The number of hydrogen-bond donors (Lipinski definition) is 1. The molecule has 3 nitrogen and oxygen atoms in total. The third-order valence-electron chi connectivity index (χ3n) is 2.52. The summed E-state index contributed by atoms with van der Waals surface area (Å²) < 4.78 is 5.05. The molecule has 5 heteroatoms. The second-order valence-electron chi connectivity index (χ2n) is 4.04. The zero-order valence-corrected chi connectivity index (χ0v) is 12.5. The number of carbonyl (C=O) groups is 1. The molecular formula is C15H14ClNO2S. The highest BCUT2D eigenvalue weighted by Gasteiger charge is 2.14. The lowest BCUT2D eigenvalue weighted by Crippen LogP contribution is -2.06. The fourth-order valence-electron chi connectivity index (χ4n) is 1.66. The fourth-order valence-corrected chi connectivity index (χ4v) is 2.89. The van der Waals surface area contributed by atoms with Crippen LogP contribution in [0.25, 0.3) is 0 Å². The molecule has 0 unspecified atom stereocenters. The lowest BCUT2D eigenvalue weighted by Gasteiger charge is -2.09. The van der Waals surface area contributed by atoms with E-state index in [-0.39, 0.29) is 5.97 Å². The predicted octanol–water partition coefficient (Wildman–Crippen LogP) is 4.25. The lowest BCUT2D eigenvalue weighted by atomic mass is 10.2. The van der Waals surface area contributed by atoms with Gasteiger partial charge in [-0.1, -0.05) is 29.4 Å². The molecule has 2 aromatic rings. The van der Waals surface area contributed by atoms with Gasteiger partial charge in [0.15, 0.2) is 0 Å². The largest absolute Gasteiger partial charge is 0.462 e. The number of benzene rings is 2. The number of nitrogens with two attached hydrogens (primary N) is 1. The van der Waals surface area contributed by atoms with Gasteiger partial charge < -0.3 is 10.5 Å². The van der Waals surface area contributed by atoms with Crippen LogP contribution >= 0.6 is 23.4 Å². The number of ether oxygens (including phenoxy) is 1. The number of esters is 1. The van der Waals surface area contributed by atoms with Crippen molar-refractivity contribution in [1.29, 1.82) is 0 Å². The van der Waals surface area contributed by atoms with Crippen molar-refractivity contribution >= 4 is 35.0 Å². The van der Waals surface area contributed by atoms with Gasteiger partial charge in [0.25, 0.3) is 0 Å². The molecule has 0 fully saturated rings. The molecule has 0 saturated heterocycles. The Labute approximate surface area is 127 Å². The molecule has 104 valence electrons. The van der Waals surface area contributed by atoms with E-state index >= 15 is 0 Å². The van der Waals surface area contributed by atoms with E-state index in [1.54, 1.807) is 25.1 Å². The van der Waals surface area contributed by atoms with E-state index in [2.05, 4.69) is 0 Å². The van der Waals surface area contributed by atoms with Crippen molar-refractivity contribution in [1.82, 2.24) is 0 Å². The molecule has 0 aliphatic carbocycles. The van der Waals surface area contributed by atoms with Gasteiger partial charge in [-0.25, -0.2) is 4.79 Å². The van der Waals surface area contributed by atoms with Gasteiger partial charge in [0.1, 0.15) is 0 Å². The molecule has 20 heavy (non-hydrogen) atoms. The summed E-state index contributed by atoms with van der Waals surface area (Å²) in [6, 6.07) is 12.7. The Hall–Kier alpha value is -1.65. The Balaban J connectivity index is 2.33. The molecule has 0 aromatic heterocycles. The number of halogens is 1. The average molecular weight is 308 g/mol. The van der Waals surface area contributed by atoms with E-state index in [0.717, 1.165) is 9.79 Å². The van der Waals surface area contributed by atoms with Crippen LogP contribution in [0.3, 0.4) is 0 Å². The Kier molecular flexibility index (Phi) is 4.93. The van der Waals surface area contributed by atoms with Crippen molar-refractivity contribution in [2.24, 2.45) is 0 Å². The van der Waals surface area contributed by atoms with Crippen LogP contribution in [-0.4, -0.2) is 12.6 Å². The number of rotatable bonds is 4. The second kappa shape index (κ2) is 6.68. The molecule has 0 radical (unpaired) electrons. The van der Waals surface area contributed by atoms with Crippen LogP contribution < -0.4 is 5.73 Å². The van der Waals surface area contributed by atoms with Crippen molar-refractivity contribution in [2.45, 2.75) is 16.7 Å². The summed E-state index contributed by atoms with van der Waals surface area (Å²) in [5.74, 6) is -0.371. The highest BCUT2D eigenvalue weighted by Crippen LogP contribution is 2.33. The first-order valence-corrected chi connectivity index (χ1v) is 7.29. The van der Waals surface area contributed by atoms with Crippen molar-refractivity contribution in [3.05, 3.63) is 53.1 Å². The lowest BCUT2D eigenvalue weighted by molar-refractivity contribution is 0.0522. The summed E-state index contributed by atoms with van der Waals surface area (Å²) in [5, 5.41) is 0.656. The highest BCUT2D eigenvalue weighted by atomic mass is 35.5. The van der Waals surface area contributed by atoms with Crippen LogP contribution in [-0.2, 0) is 4.74 Å². The van der Waals surface area contributed by atoms with Crippen molar-refractivity contribution in [3.63, 3.8) is 0 Å². The minimum absolute atomic E-state index is 0.328. The van der Waals surface area contributed by atoms with Gasteiger partial charge >= 0.3 is 5.97 Å². The van der Waals surface area contributed by atoms with E-state index in [9.17, 15) is 4.79 Å². The van der Waals surface area contributed by atoms with Gasteiger partial charge in [0.05, 0.1) is 12.2 Å². The topological polar surface area (TPSA) is 52.3 Å². The average Bonchev–Trinajstić information content (AvgIpc) is 2.41. The van der Waals surface area contributed by atoms with Crippen molar-refractivity contribution in [3.8, 4) is 0 Å². The monoisotopic (exact) mass is 307 g/mol. The van der Waals surface area contributed by atoms with E-state index in [4.69, 9.17) is 22.1 Å². The van der Waals surface area contributed by atoms with Crippen LogP contribution in [0.1, 0.15) is 17.3 Å². The van der Waals surface area contributed by atoms with Crippen molar-refractivity contribution < 1.29 is 9.53 Å². The van der Waals surface area contributed by atoms with Crippen LogP contribution in [0.2, 0.25) is 5.02 Å². The molecule has 0 saturated carbocycles. The van der Waals surface area contributed by atoms with Gasteiger partial charge in [-0.15, -0.1) is 0 Å². The summed E-state index contributed by atoms with van der Waals surface area (Å²) in [4.78, 5) is 13.7. The molecule has 0 atom stereocenters. The second-order valence-corrected chi connectivity index (χ2v) is 5.59. The summed E-state index contributed by atoms with van der Waals surface area (Å²) in [6.07, 6.45) is 0. The first-order chi connectivity index (χ1) is 9.60. The van der Waals surface area contributed by atoms with Crippen LogP contribution in [0, 0.1) is 0 Å². The summed E-state index contributed by atoms with van der Waals surface area (Å²) in [6.45, 7) is 2.10. The fraction of sp³-hybridized carbons (Fsp3) is 0.133. The molecule has 2 rings (SSSR count). The maximum absolute atomic E-state index is 12.0. The normalized spacial score (nSPS) is 10.3. The van der Waals surface area contributed by atoms with Gasteiger partial charge in [-0.2, -0.15) is 0 Å². The Morgan fingerprint density at radius 1 is 1.30 bits per heavy atom. The first kappa shape index (κ1) is 14.8. The van der Waals surface area contributed by atoms with Crippen molar-refractivity contribution in [2.75, 3.05) is 12.3 Å². The zero-order valence-electron chi connectivity index (χ0n) is 10.9. The van der Waals surface area contributed by atoms with E-state index < -0.39 is 0 Å². The molecule has 2 aromatic carbocycles. The molecule has 0 aliphatic rings. The molecule has 0 bridgehead atoms. The predicted molar refractivity (Wildman–Crippen MR) is 82.4 cm³/mol. The van der Waals surface area contributed by atoms with Crippen LogP contribution in [0.15, 0.2) is 52.3 Å². The Morgan fingerprint density at radius 3 is 2.80 bits per heavy atom. The first-order valence-electron chi connectivity index (χ1n) is 6.10. The molecule has 0 heterocycles. The third kappa shape index (κ3) is 3.68. The van der Waals surface area contributed by atoms with Gasteiger partial charge in [0, 0.05) is 20.5 Å². The maximum atomic E-state index is 12.0.